The first-order valence-corrected chi connectivity index (χ1v) is 6.64. The molecule has 1 aromatic carbocycles. The quantitative estimate of drug-likeness (QED) is 0.822. The Bertz CT molecular complexity index is 420. The van der Waals surface area contributed by atoms with Crippen LogP contribution in [-0.4, -0.2) is 36.6 Å². The van der Waals surface area contributed by atoms with Crippen molar-refractivity contribution in [2.75, 3.05) is 19.6 Å². The maximum atomic E-state index is 12.1. The van der Waals surface area contributed by atoms with Crippen molar-refractivity contribution >= 4 is 6.03 Å². The number of nitrogens with one attached hydrogen (secondary N) is 2. The van der Waals surface area contributed by atoms with Crippen LogP contribution in [0.1, 0.15) is 12.0 Å². The number of rotatable bonds is 2. The van der Waals surface area contributed by atoms with Crippen LogP contribution in [0, 0.1) is 5.92 Å². The minimum Gasteiger partial charge on any atom is -0.334 e. The fraction of sp³-hybridized carbons (Fsp3) is 0.500. The lowest BCUT2D eigenvalue weighted by Gasteiger charge is -2.23. The lowest BCUT2D eigenvalue weighted by Crippen LogP contribution is -2.44. The number of urea groups is 1. The van der Waals surface area contributed by atoms with E-state index in [0.29, 0.717) is 18.5 Å². The van der Waals surface area contributed by atoms with E-state index in [9.17, 15) is 4.79 Å². The highest BCUT2D eigenvalue weighted by atomic mass is 16.2. The van der Waals surface area contributed by atoms with Gasteiger partial charge in [0.05, 0.1) is 0 Å². The van der Waals surface area contributed by atoms with Gasteiger partial charge in [-0.15, -0.1) is 0 Å². The van der Waals surface area contributed by atoms with Gasteiger partial charge < -0.3 is 15.5 Å². The van der Waals surface area contributed by atoms with E-state index in [2.05, 4.69) is 10.6 Å². The van der Waals surface area contributed by atoms with Crippen molar-refractivity contribution < 1.29 is 4.79 Å². The first kappa shape index (κ1) is 11.5. The van der Waals surface area contributed by atoms with Gasteiger partial charge in [-0.3, -0.25) is 0 Å². The fourth-order valence-corrected chi connectivity index (χ4v) is 2.98. The SMILES string of the molecule is O=C(NCc1ccccc1)N1CC[C@H]2CNC[C@H]21. The molecule has 2 heterocycles. The molecular weight excluding hydrogens is 226 g/mol. The highest BCUT2D eigenvalue weighted by Gasteiger charge is 2.39. The van der Waals surface area contributed by atoms with Crippen molar-refractivity contribution in [2.45, 2.75) is 19.0 Å². The molecule has 3 rings (SSSR count). The Morgan fingerprint density at radius 1 is 1.33 bits per heavy atom. The second-order valence-corrected chi connectivity index (χ2v) is 5.11. The first-order chi connectivity index (χ1) is 8.84. The number of carbonyl (C=O) groups excluding carboxylic acids is 1. The molecule has 2 N–H and O–H groups in total. The minimum absolute atomic E-state index is 0.0788. The Morgan fingerprint density at radius 2 is 2.17 bits per heavy atom. The van der Waals surface area contributed by atoms with Crippen molar-refractivity contribution in [3.8, 4) is 0 Å². The van der Waals surface area contributed by atoms with Crippen LogP contribution in [0.3, 0.4) is 0 Å². The van der Waals surface area contributed by atoms with Crippen molar-refractivity contribution in [3.63, 3.8) is 0 Å². The molecule has 0 aromatic heterocycles. The molecule has 18 heavy (non-hydrogen) atoms. The summed E-state index contributed by atoms with van der Waals surface area (Å²) in [5.41, 5.74) is 1.14. The van der Waals surface area contributed by atoms with Crippen molar-refractivity contribution in [1.29, 1.82) is 0 Å². The number of amides is 2. The predicted molar refractivity (Wildman–Crippen MR) is 70.1 cm³/mol. The molecule has 4 heteroatoms. The van der Waals surface area contributed by atoms with Gasteiger partial charge in [-0.05, 0) is 17.9 Å². The Hall–Kier alpha value is -1.55. The molecule has 2 fully saturated rings. The Balaban J connectivity index is 1.56. The molecule has 2 amide bonds. The average Bonchev–Trinajstić information content (AvgIpc) is 2.99. The van der Waals surface area contributed by atoms with E-state index in [1.807, 2.05) is 35.2 Å². The minimum atomic E-state index is 0.0788. The maximum absolute atomic E-state index is 12.1. The number of likely N-dealkylation sites (tertiary alicyclic amines) is 1. The highest BCUT2D eigenvalue weighted by Crippen LogP contribution is 2.26. The molecule has 2 aliphatic heterocycles. The van der Waals surface area contributed by atoms with Crippen molar-refractivity contribution in [3.05, 3.63) is 35.9 Å². The normalized spacial score (nSPS) is 26.1. The first-order valence-electron chi connectivity index (χ1n) is 6.64. The van der Waals surface area contributed by atoms with Crippen molar-refractivity contribution in [2.24, 2.45) is 5.92 Å². The molecule has 0 spiro atoms. The second-order valence-electron chi connectivity index (χ2n) is 5.11. The number of hydrogen-bond acceptors (Lipinski definition) is 2. The average molecular weight is 245 g/mol. The van der Waals surface area contributed by atoms with Gasteiger partial charge in [0.15, 0.2) is 0 Å². The van der Waals surface area contributed by atoms with Crippen LogP contribution in [0.4, 0.5) is 4.79 Å². The van der Waals surface area contributed by atoms with Gasteiger partial charge in [0, 0.05) is 32.2 Å². The summed E-state index contributed by atoms with van der Waals surface area (Å²) in [5, 5.41) is 6.37. The number of benzene rings is 1. The standard InChI is InChI=1S/C14H19N3O/c18-14(16-8-11-4-2-1-3-5-11)17-7-6-12-9-15-10-13(12)17/h1-5,12-13,15H,6-10H2,(H,16,18)/t12-,13+/m0/s1. The summed E-state index contributed by atoms with van der Waals surface area (Å²) in [6, 6.07) is 10.5. The third kappa shape index (κ3) is 2.20. The molecule has 0 bridgehead atoms. The summed E-state index contributed by atoms with van der Waals surface area (Å²) in [6.07, 6.45) is 1.14. The van der Waals surface area contributed by atoms with Crippen LogP contribution < -0.4 is 10.6 Å². The van der Waals surface area contributed by atoms with E-state index in [1.165, 1.54) is 0 Å². The third-order valence-electron chi connectivity index (χ3n) is 3.99. The maximum Gasteiger partial charge on any atom is 0.317 e. The van der Waals surface area contributed by atoms with E-state index < -0.39 is 0 Å². The highest BCUT2D eigenvalue weighted by molar-refractivity contribution is 5.75. The Morgan fingerprint density at radius 3 is 3.00 bits per heavy atom. The molecule has 2 aliphatic rings. The van der Waals surface area contributed by atoms with Crippen molar-refractivity contribution in [1.82, 2.24) is 15.5 Å². The zero-order valence-electron chi connectivity index (χ0n) is 10.4. The van der Waals surface area contributed by atoms with Crippen LogP contribution in [0.5, 0.6) is 0 Å². The topological polar surface area (TPSA) is 44.4 Å². The summed E-state index contributed by atoms with van der Waals surface area (Å²) in [5.74, 6) is 0.660. The van der Waals surface area contributed by atoms with E-state index in [0.717, 1.165) is 31.6 Å². The fourth-order valence-electron chi connectivity index (χ4n) is 2.98. The molecule has 0 saturated carbocycles. The van der Waals surface area contributed by atoms with Crippen LogP contribution in [0.15, 0.2) is 30.3 Å². The van der Waals surface area contributed by atoms with Gasteiger partial charge in [0.2, 0.25) is 0 Å². The van der Waals surface area contributed by atoms with E-state index in [4.69, 9.17) is 0 Å². The zero-order valence-corrected chi connectivity index (χ0v) is 10.4. The number of hydrogen-bond donors (Lipinski definition) is 2. The van der Waals surface area contributed by atoms with Gasteiger partial charge in [-0.2, -0.15) is 0 Å². The summed E-state index contributed by atoms with van der Waals surface area (Å²) >= 11 is 0. The molecule has 2 saturated heterocycles. The van der Waals surface area contributed by atoms with Crippen LogP contribution in [0.25, 0.3) is 0 Å². The van der Waals surface area contributed by atoms with Gasteiger partial charge in [-0.25, -0.2) is 4.79 Å². The summed E-state index contributed by atoms with van der Waals surface area (Å²) in [4.78, 5) is 14.1. The Kier molecular flexibility index (Phi) is 3.19. The predicted octanol–water partition coefficient (Wildman–Crippen LogP) is 1.19. The molecule has 2 atom stereocenters. The molecule has 0 radical (unpaired) electrons. The zero-order chi connectivity index (χ0) is 12.4. The lowest BCUT2D eigenvalue weighted by molar-refractivity contribution is 0.192. The van der Waals surface area contributed by atoms with Crippen LogP contribution >= 0.6 is 0 Å². The van der Waals surface area contributed by atoms with E-state index in [-0.39, 0.29) is 6.03 Å². The van der Waals surface area contributed by atoms with Gasteiger partial charge >= 0.3 is 6.03 Å². The molecule has 0 aliphatic carbocycles. The third-order valence-corrected chi connectivity index (χ3v) is 3.99. The second kappa shape index (κ2) is 4.98. The largest absolute Gasteiger partial charge is 0.334 e. The molecule has 96 valence electrons. The monoisotopic (exact) mass is 245 g/mol. The van der Waals surface area contributed by atoms with E-state index >= 15 is 0 Å². The summed E-state index contributed by atoms with van der Waals surface area (Å²) in [7, 11) is 0. The number of carbonyl (C=O) groups is 1. The molecule has 0 unspecified atom stereocenters. The molecule has 1 aromatic rings. The number of nitrogens with zero attached hydrogens (tertiary/aromatic N) is 1. The summed E-state index contributed by atoms with van der Waals surface area (Å²) in [6.45, 7) is 3.52. The molecule has 4 nitrogen and oxygen atoms in total. The van der Waals surface area contributed by atoms with E-state index in [1.54, 1.807) is 0 Å². The smallest absolute Gasteiger partial charge is 0.317 e. The lowest BCUT2D eigenvalue weighted by atomic mass is 10.1. The van der Waals surface area contributed by atoms with Gasteiger partial charge in [-0.1, -0.05) is 30.3 Å². The van der Waals surface area contributed by atoms with Crippen LogP contribution in [-0.2, 0) is 6.54 Å². The molecular formula is C14H19N3O. The van der Waals surface area contributed by atoms with Gasteiger partial charge in [0.25, 0.3) is 0 Å². The summed E-state index contributed by atoms with van der Waals surface area (Å²) < 4.78 is 0. The number of fused-ring (bicyclic) bond motifs is 1. The van der Waals surface area contributed by atoms with Gasteiger partial charge in [0.1, 0.15) is 0 Å². The van der Waals surface area contributed by atoms with Crippen LogP contribution in [0.2, 0.25) is 0 Å². The Labute approximate surface area is 107 Å².